The average Bonchev–Trinajstić information content (AvgIpc) is 2.84. The molecule has 1 unspecified atom stereocenters. The molecule has 0 spiro atoms. The highest BCUT2D eigenvalue weighted by atomic mass is 32.3. The lowest BCUT2D eigenvalue weighted by Gasteiger charge is -2.03. The predicted octanol–water partition coefficient (Wildman–Crippen LogP) is 1.90. The maximum Gasteiger partial charge on any atom is 0.221 e. The fourth-order valence-electron chi connectivity index (χ4n) is 1.48. The van der Waals surface area contributed by atoms with Crippen molar-refractivity contribution in [3.8, 4) is 0 Å². The minimum Gasteiger partial charge on any atom is -0.399 e. The van der Waals surface area contributed by atoms with E-state index in [0.29, 0.717) is 5.69 Å². The van der Waals surface area contributed by atoms with Crippen molar-refractivity contribution in [3.63, 3.8) is 0 Å². The highest BCUT2D eigenvalue weighted by Gasteiger charge is 2.46. The molecule has 0 aliphatic heterocycles. The van der Waals surface area contributed by atoms with Crippen molar-refractivity contribution in [1.82, 2.24) is 0 Å². The number of hydrogen-bond acceptors (Lipinski definition) is 2. The normalized spacial score (nSPS) is 20.4. The minimum atomic E-state index is -2.66. The molecule has 14 heavy (non-hydrogen) atoms. The zero-order valence-electron chi connectivity index (χ0n) is 7.85. The van der Waals surface area contributed by atoms with Crippen LogP contribution < -0.4 is 5.73 Å². The van der Waals surface area contributed by atoms with Gasteiger partial charge in [-0.05, 0) is 12.1 Å². The third-order valence-corrected chi connectivity index (χ3v) is 4.63. The molecule has 0 heterocycles. The number of nitrogen functional groups attached to an aromatic ring is 1. The first kappa shape index (κ1) is 9.68. The fourth-order valence-corrected chi connectivity index (χ4v) is 3.24. The summed E-state index contributed by atoms with van der Waals surface area (Å²) in [5, 5.41) is 0.0175. The van der Waals surface area contributed by atoms with Crippen LogP contribution in [0.2, 0.25) is 0 Å². The van der Waals surface area contributed by atoms with E-state index in [1.54, 1.807) is 12.1 Å². The maximum atomic E-state index is 11.7. The third kappa shape index (κ3) is 2.13. The van der Waals surface area contributed by atoms with Gasteiger partial charge in [-0.25, -0.2) is 0 Å². The van der Waals surface area contributed by atoms with Gasteiger partial charge in [0, 0.05) is 24.1 Å². The fraction of sp³-hybridized carbons (Fsp3) is 0.400. The van der Waals surface area contributed by atoms with E-state index in [4.69, 9.17) is 5.73 Å². The molecule has 0 radical (unpaired) electrons. The van der Waals surface area contributed by atoms with Gasteiger partial charge in [0.15, 0.2) is 11.0 Å². The summed E-state index contributed by atoms with van der Waals surface area (Å²) in [4.78, 5) is 0. The molecule has 3 N–H and O–H groups in total. The van der Waals surface area contributed by atoms with Gasteiger partial charge < -0.3 is 5.73 Å². The summed E-state index contributed by atoms with van der Waals surface area (Å²) in [7, 11) is -2.66. The molecule has 1 saturated carbocycles. The molecule has 0 aromatic heterocycles. The SMILES string of the molecule is Nc1cccc(C[S+](=O)(O)C2CC2)c1. The number of nitrogens with two attached hydrogens (primary N) is 1. The van der Waals surface area contributed by atoms with Crippen LogP contribution in [-0.4, -0.2) is 9.80 Å². The van der Waals surface area contributed by atoms with Crippen LogP contribution in [0.5, 0.6) is 0 Å². The van der Waals surface area contributed by atoms with Gasteiger partial charge in [-0.15, -0.1) is 0 Å². The summed E-state index contributed by atoms with van der Waals surface area (Å²) in [6.45, 7) is 0. The second kappa shape index (κ2) is 3.37. The summed E-state index contributed by atoms with van der Waals surface area (Å²) in [6.07, 6.45) is 1.77. The lowest BCUT2D eigenvalue weighted by atomic mass is 10.2. The van der Waals surface area contributed by atoms with E-state index in [1.165, 1.54) is 0 Å². The van der Waals surface area contributed by atoms with Gasteiger partial charge in [0.25, 0.3) is 0 Å². The first-order valence-corrected chi connectivity index (χ1v) is 6.40. The molecule has 4 heteroatoms. The molecular weight excluding hydrogens is 198 g/mol. The predicted molar refractivity (Wildman–Crippen MR) is 58.3 cm³/mol. The largest absolute Gasteiger partial charge is 0.399 e. The van der Waals surface area contributed by atoms with Gasteiger partial charge in [0.05, 0.1) is 0 Å². The van der Waals surface area contributed by atoms with Crippen LogP contribution in [0.3, 0.4) is 0 Å². The average molecular weight is 212 g/mol. The molecule has 1 aromatic rings. The van der Waals surface area contributed by atoms with Gasteiger partial charge in [0.2, 0.25) is 10.2 Å². The quantitative estimate of drug-likeness (QED) is 0.594. The summed E-state index contributed by atoms with van der Waals surface area (Å²) < 4.78 is 21.4. The molecule has 0 saturated heterocycles. The Morgan fingerprint density at radius 3 is 2.79 bits per heavy atom. The van der Waals surface area contributed by atoms with Crippen molar-refractivity contribution in [2.75, 3.05) is 5.73 Å². The van der Waals surface area contributed by atoms with Crippen LogP contribution in [0.15, 0.2) is 24.3 Å². The topological polar surface area (TPSA) is 63.3 Å². The number of benzene rings is 1. The molecule has 3 nitrogen and oxygen atoms in total. The minimum absolute atomic E-state index is 0.0175. The highest BCUT2D eigenvalue weighted by molar-refractivity contribution is 7.97. The zero-order valence-corrected chi connectivity index (χ0v) is 8.67. The first-order chi connectivity index (χ1) is 6.58. The van der Waals surface area contributed by atoms with Gasteiger partial charge in [0.1, 0.15) is 0 Å². The van der Waals surface area contributed by atoms with Gasteiger partial charge >= 0.3 is 0 Å². The Labute approximate surface area is 84.6 Å². The Morgan fingerprint density at radius 1 is 1.50 bits per heavy atom. The lowest BCUT2D eigenvalue weighted by Crippen LogP contribution is -2.17. The molecular formula is C10H14NO2S+. The molecule has 1 aromatic carbocycles. The number of hydrogen-bond donors (Lipinski definition) is 2. The summed E-state index contributed by atoms with van der Waals surface area (Å²) in [6, 6.07) is 7.19. The van der Waals surface area contributed by atoms with Gasteiger partial charge in [-0.2, -0.15) is 4.55 Å². The summed E-state index contributed by atoms with van der Waals surface area (Å²) in [5.41, 5.74) is 7.09. The van der Waals surface area contributed by atoms with E-state index in [-0.39, 0.29) is 11.0 Å². The Kier molecular flexibility index (Phi) is 2.33. The first-order valence-electron chi connectivity index (χ1n) is 4.65. The number of rotatable bonds is 3. The second-order valence-electron chi connectivity index (χ2n) is 3.78. The molecule has 1 fully saturated rings. The van der Waals surface area contributed by atoms with Crippen molar-refractivity contribution < 1.29 is 8.76 Å². The molecule has 1 aliphatic rings. The van der Waals surface area contributed by atoms with Crippen molar-refractivity contribution in [3.05, 3.63) is 29.8 Å². The summed E-state index contributed by atoms with van der Waals surface area (Å²) in [5.74, 6) is 0.239. The van der Waals surface area contributed by atoms with Crippen LogP contribution in [0.1, 0.15) is 18.4 Å². The standard InChI is InChI=1S/C10H13NO2S/c11-9-3-1-2-8(6-9)7-14(12,13)10-4-5-10/h1-3,6,10H,4-5,7,11H2/p+1. The molecule has 76 valence electrons. The third-order valence-electron chi connectivity index (χ3n) is 2.37. The zero-order chi connectivity index (χ0) is 10.2. The van der Waals surface area contributed by atoms with Crippen molar-refractivity contribution in [2.45, 2.75) is 23.8 Å². The van der Waals surface area contributed by atoms with Gasteiger partial charge in [-0.1, -0.05) is 16.3 Å². The highest BCUT2D eigenvalue weighted by Crippen LogP contribution is 2.34. The Hall–Kier alpha value is -0.870. The molecule has 0 bridgehead atoms. The van der Waals surface area contributed by atoms with E-state index >= 15 is 0 Å². The molecule has 0 amide bonds. The second-order valence-corrected chi connectivity index (χ2v) is 6.11. The van der Waals surface area contributed by atoms with Crippen LogP contribution >= 0.6 is 0 Å². The van der Waals surface area contributed by atoms with Crippen LogP contribution in [0.4, 0.5) is 5.69 Å². The lowest BCUT2D eigenvalue weighted by molar-refractivity contribution is 0.494. The van der Waals surface area contributed by atoms with E-state index in [2.05, 4.69) is 0 Å². The Bertz CT molecular complexity index is 387. The van der Waals surface area contributed by atoms with E-state index in [0.717, 1.165) is 18.4 Å². The van der Waals surface area contributed by atoms with E-state index in [9.17, 15) is 8.76 Å². The molecule has 1 atom stereocenters. The Balaban J connectivity index is 2.13. The monoisotopic (exact) mass is 212 g/mol. The van der Waals surface area contributed by atoms with Crippen molar-refractivity contribution in [1.29, 1.82) is 0 Å². The van der Waals surface area contributed by atoms with Crippen molar-refractivity contribution >= 4 is 15.9 Å². The summed E-state index contributed by atoms with van der Waals surface area (Å²) >= 11 is 0. The van der Waals surface area contributed by atoms with Crippen LogP contribution in [-0.2, 0) is 20.2 Å². The Morgan fingerprint density at radius 2 is 2.21 bits per heavy atom. The van der Waals surface area contributed by atoms with E-state index in [1.807, 2.05) is 12.1 Å². The maximum absolute atomic E-state index is 11.7. The van der Waals surface area contributed by atoms with Crippen LogP contribution in [0, 0.1) is 0 Å². The molecule has 2 rings (SSSR count). The van der Waals surface area contributed by atoms with Gasteiger partial charge in [-0.3, -0.25) is 0 Å². The van der Waals surface area contributed by atoms with Crippen molar-refractivity contribution in [2.24, 2.45) is 0 Å². The number of anilines is 1. The van der Waals surface area contributed by atoms with E-state index < -0.39 is 10.2 Å². The molecule has 1 aliphatic carbocycles. The smallest absolute Gasteiger partial charge is 0.221 e. The van der Waals surface area contributed by atoms with Crippen LogP contribution in [0.25, 0.3) is 0 Å².